The fourth-order valence-electron chi connectivity index (χ4n) is 4.03. The van der Waals surface area contributed by atoms with Crippen LogP contribution >= 0.6 is 27.5 Å². The van der Waals surface area contributed by atoms with Crippen LogP contribution in [0.3, 0.4) is 0 Å². The third-order valence-electron chi connectivity index (χ3n) is 5.69. The van der Waals surface area contributed by atoms with Crippen molar-refractivity contribution in [3.63, 3.8) is 0 Å². The van der Waals surface area contributed by atoms with Gasteiger partial charge in [-0.3, -0.25) is 8.98 Å². The smallest absolute Gasteiger partial charge is 0.333 e. The molecule has 4 rings (SSSR count). The molecule has 3 N–H and O–H groups in total. The molecule has 35 heavy (non-hydrogen) atoms. The Balaban J connectivity index is 1.45. The van der Waals surface area contributed by atoms with Crippen LogP contribution in [0.2, 0.25) is 5.02 Å². The Morgan fingerprint density at radius 2 is 2.14 bits per heavy atom. The van der Waals surface area contributed by atoms with Crippen LogP contribution in [0.1, 0.15) is 34.3 Å². The highest BCUT2D eigenvalue weighted by molar-refractivity contribution is 9.10. The Morgan fingerprint density at radius 3 is 2.89 bits per heavy atom. The summed E-state index contributed by atoms with van der Waals surface area (Å²) in [5.74, 6) is -0.449. The second kappa shape index (κ2) is 10.7. The minimum absolute atomic E-state index is 0.102. The summed E-state index contributed by atoms with van der Waals surface area (Å²) in [5, 5.41) is 8.45. The zero-order chi connectivity index (χ0) is 25.2. The first-order valence-electron chi connectivity index (χ1n) is 10.6. The fourth-order valence-corrected chi connectivity index (χ4v) is 4.95. The lowest BCUT2D eigenvalue weighted by Crippen LogP contribution is -2.27. The van der Waals surface area contributed by atoms with Crippen LogP contribution in [0, 0.1) is 5.92 Å². The Kier molecular flexibility index (Phi) is 7.86. The number of carbonyl (C=O) groups excluding carboxylic acids is 1. The summed E-state index contributed by atoms with van der Waals surface area (Å²) in [4.78, 5) is 21.3. The molecule has 0 amide bonds. The van der Waals surface area contributed by atoms with Crippen molar-refractivity contribution in [1.29, 1.82) is 0 Å². The lowest BCUT2D eigenvalue weighted by molar-refractivity contribution is 0.103. The first kappa shape index (κ1) is 25.7. The summed E-state index contributed by atoms with van der Waals surface area (Å²) in [5.41, 5.74) is 1.63. The number of anilines is 1. The molecule has 1 saturated carbocycles. The van der Waals surface area contributed by atoms with Gasteiger partial charge in [-0.2, -0.15) is 8.42 Å². The van der Waals surface area contributed by atoms with Crippen molar-refractivity contribution in [3.05, 3.63) is 75.4 Å². The van der Waals surface area contributed by atoms with Crippen LogP contribution in [0.4, 0.5) is 10.2 Å². The SMILES string of the molecule is NS(=O)(=O)OC[C@@H]1C[C@H](F)[C@H](Nc2ncncc2C(=O)c2ccn(Cc3ccc(Cl)c(Br)c3)c2)C1. The summed E-state index contributed by atoms with van der Waals surface area (Å²) in [6, 6.07) is 6.63. The molecule has 0 unspecified atom stereocenters. The number of aromatic nitrogens is 3. The van der Waals surface area contributed by atoms with Crippen molar-refractivity contribution in [1.82, 2.24) is 14.5 Å². The van der Waals surface area contributed by atoms with Crippen molar-refractivity contribution in [2.24, 2.45) is 11.1 Å². The van der Waals surface area contributed by atoms with E-state index in [4.69, 9.17) is 16.7 Å². The fraction of sp³-hybridized carbons (Fsp3) is 0.318. The number of rotatable bonds is 9. The molecule has 0 bridgehead atoms. The van der Waals surface area contributed by atoms with Gasteiger partial charge in [-0.1, -0.05) is 17.7 Å². The van der Waals surface area contributed by atoms with E-state index >= 15 is 0 Å². The van der Waals surface area contributed by atoms with E-state index in [0.717, 1.165) is 10.0 Å². The van der Waals surface area contributed by atoms with Crippen molar-refractivity contribution in [2.45, 2.75) is 31.6 Å². The van der Waals surface area contributed by atoms with Gasteiger partial charge < -0.3 is 9.88 Å². The van der Waals surface area contributed by atoms with Gasteiger partial charge in [0.25, 0.3) is 0 Å². The minimum atomic E-state index is -4.09. The average molecular weight is 587 g/mol. The third-order valence-corrected chi connectivity index (χ3v) is 7.37. The molecular weight excluding hydrogens is 565 g/mol. The zero-order valence-electron chi connectivity index (χ0n) is 18.3. The van der Waals surface area contributed by atoms with Gasteiger partial charge in [0.2, 0.25) is 0 Å². The normalized spacial score (nSPS) is 20.2. The Hall–Kier alpha value is -2.38. The summed E-state index contributed by atoms with van der Waals surface area (Å²) in [7, 11) is -4.09. The molecule has 9 nitrogen and oxygen atoms in total. The monoisotopic (exact) mass is 585 g/mol. The molecule has 1 aliphatic carbocycles. The third kappa shape index (κ3) is 6.64. The second-order valence-corrected chi connectivity index (χ2v) is 10.8. The molecule has 186 valence electrons. The molecule has 2 heterocycles. The Morgan fingerprint density at radius 1 is 1.34 bits per heavy atom. The van der Waals surface area contributed by atoms with E-state index in [9.17, 15) is 17.6 Å². The van der Waals surface area contributed by atoms with E-state index < -0.39 is 22.5 Å². The summed E-state index contributed by atoms with van der Waals surface area (Å²) >= 11 is 9.45. The van der Waals surface area contributed by atoms with Gasteiger partial charge >= 0.3 is 10.3 Å². The number of carbonyl (C=O) groups is 1. The minimum Gasteiger partial charge on any atom is -0.364 e. The quantitative estimate of drug-likeness (QED) is 0.366. The maximum absolute atomic E-state index is 14.6. The molecule has 2 aromatic heterocycles. The summed E-state index contributed by atoms with van der Waals surface area (Å²) in [6.45, 7) is 0.331. The number of halogens is 3. The highest BCUT2D eigenvalue weighted by atomic mass is 79.9. The van der Waals surface area contributed by atoms with E-state index in [1.807, 2.05) is 16.7 Å². The van der Waals surface area contributed by atoms with Crippen LogP contribution in [0.5, 0.6) is 0 Å². The van der Waals surface area contributed by atoms with Gasteiger partial charge in [0.15, 0.2) is 5.78 Å². The van der Waals surface area contributed by atoms with Crippen molar-refractivity contribution in [3.8, 4) is 0 Å². The second-order valence-electron chi connectivity index (χ2n) is 8.32. The zero-order valence-corrected chi connectivity index (χ0v) is 21.4. The van der Waals surface area contributed by atoms with Gasteiger partial charge in [0, 0.05) is 35.2 Å². The number of hydrogen-bond donors (Lipinski definition) is 2. The molecule has 1 fully saturated rings. The number of alkyl halides is 1. The molecule has 0 aliphatic heterocycles. The number of nitrogens with one attached hydrogen (secondary N) is 1. The molecule has 0 radical (unpaired) electrons. The first-order valence-corrected chi connectivity index (χ1v) is 13.3. The lowest BCUT2D eigenvalue weighted by Gasteiger charge is -2.17. The predicted molar refractivity (Wildman–Crippen MR) is 132 cm³/mol. The van der Waals surface area contributed by atoms with E-state index in [1.54, 1.807) is 24.5 Å². The van der Waals surface area contributed by atoms with E-state index in [-0.39, 0.29) is 36.1 Å². The summed E-state index contributed by atoms with van der Waals surface area (Å²) < 4.78 is 43.9. The molecule has 1 aromatic carbocycles. The van der Waals surface area contributed by atoms with E-state index in [0.29, 0.717) is 23.6 Å². The highest BCUT2D eigenvalue weighted by Gasteiger charge is 2.36. The first-order chi connectivity index (χ1) is 16.6. The number of hydrogen-bond acceptors (Lipinski definition) is 7. The molecule has 3 atom stereocenters. The molecule has 0 spiro atoms. The Labute approximate surface area is 215 Å². The largest absolute Gasteiger partial charge is 0.364 e. The Bertz CT molecular complexity index is 1340. The van der Waals surface area contributed by atoms with Crippen molar-refractivity contribution >= 4 is 49.4 Å². The number of benzene rings is 1. The molecule has 13 heteroatoms. The molecule has 0 saturated heterocycles. The molecular formula is C22H22BrClFN5O4S. The number of nitrogens with two attached hydrogens (primary N) is 1. The van der Waals surface area contributed by atoms with Gasteiger partial charge in [-0.15, -0.1) is 0 Å². The van der Waals surface area contributed by atoms with Crippen LogP contribution in [0.15, 0.2) is 53.7 Å². The maximum Gasteiger partial charge on any atom is 0.333 e. The predicted octanol–water partition coefficient (Wildman–Crippen LogP) is 3.72. The van der Waals surface area contributed by atoms with E-state index in [1.165, 1.54) is 12.5 Å². The van der Waals surface area contributed by atoms with Crippen LogP contribution in [-0.2, 0) is 21.0 Å². The molecule has 3 aromatic rings. The van der Waals surface area contributed by atoms with Gasteiger partial charge in [-0.25, -0.2) is 19.5 Å². The number of ketones is 1. The van der Waals surface area contributed by atoms with Gasteiger partial charge in [0.05, 0.1) is 23.2 Å². The topological polar surface area (TPSA) is 129 Å². The van der Waals surface area contributed by atoms with Crippen molar-refractivity contribution in [2.75, 3.05) is 11.9 Å². The average Bonchev–Trinajstić information content (AvgIpc) is 3.41. The van der Waals surface area contributed by atoms with Crippen LogP contribution in [-0.4, -0.2) is 47.6 Å². The highest BCUT2D eigenvalue weighted by Crippen LogP contribution is 2.32. The van der Waals surface area contributed by atoms with Crippen molar-refractivity contribution < 1.29 is 21.8 Å². The summed E-state index contributed by atoms with van der Waals surface area (Å²) in [6.07, 6.45) is 5.28. The maximum atomic E-state index is 14.6. The standard InChI is InChI=1S/C22H22BrClFN5O4S/c23-17-5-13(1-2-18(17)24)9-30-4-3-15(10-30)21(31)16-8-27-12-28-22(16)29-20-7-14(6-19(20)25)11-34-35(26,32)33/h1-5,8,10,12,14,19-20H,6-7,9,11H2,(H2,26,32,33)(H,27,28,29)/t14-,19+,20-/m1/s1. The van der Waals surface area contributed by atoms with Gasteiger partial charge in [0.1, 0.15) is 18.3 Å². The van der Waals surface area contributed by atoms with E-state index in [2.05, 4.69) is 35.4 Å². The van der Waals surface area contributed by atoms with Crippen LogP contribution in [0.25, 0.3) is 0 Å². The molecule has 1 aliphatic rings. The lowest BCUT2D eigenvalue weighted by atomic mass is 10.1. The number of nitrogens with zero attached hydrogens (tertiary/aromatic N) is 3. The van der Waals surface area contributed by atoms with Crippen LogP contribution < -0.4 is 10.5 Å². The van der Waals surface area contributed by atoms with Gasteiger partial charge in [-0.05, 0) is 58.5 Å².